The Bertz CT molecular complexity index is 792. The molecule has 2 unspecified atom stereocenters. The average molecular weight is 394 g/mol. The van der Waals surface area contributed by atoms with E-state index in [-0.39, 0.29) is 16.9 Å². The van der Waals surface area contributed by atoms with Crippen LogP contribution in [-0.2, 0) is 4.74 Å². The number of fused-ring (bicyclic) bond motifs is 2. The van der Waals surface area contributed by atoms with Gasteiger partial charge in [-0.05, 0) is 73.3 Å². The first-order chi connectivity index (χ1) is 13.9. The molecule has 2 N–H and O–H groups in total. The van der Waals surface area contributed by atoms with Gasteiger partial charge in [0.25, 0.3) is 0 Å². The zero-order valence-electron chi connectivity index (χ0n) is 18.8. The lowest BCUT2D eigenvalue weighted by Crippen LogP contribution is -2.60. The molecule has 4 rings (SSSR count). The molecule has 2 nitrogen and oxygen atoms in total. The van der Waals surface area contributed by atoms with E-state index in [0.717, 1.165) is 13.0 Å². The molecule has 0 saturated heterocycles. The second kappa shape index (κ2) is 7.71. The molecule has 1 aromatic carbocycles. The fourth-order valence-corrected chi connectivity index (χ4v) is 7.37. The maximum Gasteiger partial charge on any atom is 0.0898 e. The summed E-state index contributed by atoms with van der Waals surface area (Å²) in [4.78, 5) is 0. The first kappa shape index (κ1) is 20.9. The summed E-state index contributed by atoms with van der Waals surface area (Å²) < 4.78 is 6.51. The van der Waals surface area contributed by atoms with E-state index in [2.05, 4.69) is 70.2 Å². The minimum Gasteiger partial charge on any atom is -0.373 e. The van der Waals surface area contributed by atoms with Crippen LogP contribution in [0.15, 0.2) is 53.6 Å². The van der Waals surface area contributed by atoms with E-state index in [1.165, 1.54) is 37.7 Å². The number of rotatable bonds is 5. The fraction of sp³-hybridized carbons (Fsp3) is 0.630. The van der Waals surface area contributed by atoms with Crippen LogP contribution < -0.4 is 5.73 Å². The Morgan fingerprint density at radius 1 is 1.10 bits per heavy atom. The van der Waals surface area contributed by atoms with Gasteiger partial charge in [0.2, 0.25) is 0 Å². The molecule has 0 radical (unpaired) electrons. The lowest BCUT2D eigenvalue weighted by atomic mass is 9.40. The first-order valence-corrected chi connectivity index (χ1v) is 11.7. The third-order valence-corrected chi connectivity index (χ3v) is 8.98. The van der Waals surface area contributed by atoms with Gasteiger partial charge in [-0.3, -0.25) is 0 Å². The number of hydrogen-bond donors (Lipinski definition) is 1. The monoisotopic (exact) mass is 393 g/mol. The van der Waals surface area contributed by atoms with E-state index in [0.29, 0.717) is 17.9 Å². The van der Waals surface area contributed by atoms with Gasteiger partial charge in [0.15, 0.2) is 0 Å². The molecule has 29 heavy (non-hydrogen) atoms. The zero-order chi connectivity index (χ0) is 20.7. The van der Waals surface area contributed by atoms with E-state index in [4.69, 9.17) is 10.5 Å². The van der Waals surface area contributed by atoms with Gasteiger partial charge >= 0.3 is 0 Å². The van der Waals surface area contributed by atoms with E-state index in [1.54, 1.807) is 11.1 Å². The second-order valence-electron chi connectivity index (χ2n) is 10.3. The van der Waals surface area contributed by atoms with Gasteiger partial charge in [0.05, 0.1) is 6.10 Å². The van der Waals surface area contributed by atoms with Crippen LogP contribution in [0, 0.1) is 22.2 Å². The summed E-state index contributed by atoms with van der Waals surface area (Å²) in [5, 5.41) is 0. The molecule has 3 aliphatic rings. The number of allylic oxidation sites excluding steroid dienone is 4. The molecule has 0 spiro atoms. The Morgan fingerprint density at radius 2 is 1.86 bits per heavy atom. The highest BCUT2D eigenvalue weighted by Gasteiger charge is 2.62. The quantitative estimate of drug-likeness (QED) is 0.612. The van der Waals surface area contributed by atoms with E-state index < -0.39 is 0 Å². The smallest absolute Gasteiger partial charge is 0.0898 e. The van der Waals surface area contributed by atoms with Crippen LogP contribution in [0.2, 0.25) is 0 Å². The largest absolute Gasteiger partial charge is 0.373 e. The molecular formula is C27H39NO. The molecule has 4 atom stereocenters. The number of nitrogens with two attached hydrogens (primary N) is 1. The van der Waals surface area contributed by atoms with Crippen molar-refractivity contribution in [3.63, 3.8) is 0 Å². The summed E-state index contributed by atoms with van der Waals surface area (Å²) in [5.74, 6) is 0.643. The van der Waals surface area contributed by atoms with E-state index in [9.17, 15) is 0 Å². The lowest BCUT2D eigenvalue weighted by molar-refractivity contribution is -0.173. The fourth-order valence-electron chi connectivity index (χ4n) is 7.37. The minimum atomic E-state index is -0.0445. The maximum atomic E-state index is 6.68. The summed E-state index contributed by atoms with van der Waals surface area (Å²) in [6.45, 7) is 11.1. The van der Waals surface area contributed by atoms with Crippen LogP contribution in [0.5, 0.6) is 0 Å². The summed E-state index contributed by atoms with van der Waals surface area (Å²) in [7, 11) is 0. The maximum absolute atomic E-state index is 6.68. The van der Waals surface area contributed by atoms with Gasteiger partial charge in [0, 0.05) is 18.6 Å². The Morgan fingerprint density at radius 3 is 2.55 bits per heavy atom. The summed E-state index contributed by atoms with van der Waals surface area (Å²) in [6, 6.07) is 10.8. The molecular weight excluding hydrogens is 354 g/mol. The van der Waals surface area contributed by atoms with E-state index >= 15 is 0 Å². The van der Waals surface area contributed by atoms with Gasteiger partial charge in [-0.25, -0.2) is 0 Å². The molecule has 0 bridgehead atoms. The predicted octanol–water partition coefficient (Wildman–Crippen LogP) is 6.59. The molecule has 2 heteroatoms. The Balaban J connectivity index is 1.79. The van der Waals surface area contributed by atoms with Gasteiger partial charge in [-0.2, -0.15) is 0 Å². The number of ether oxygens (including phenoxy) is 1. The molecule has 0 amide bonds. The lowest BCUT2D eigenvalue weighted by Gasteiger charge is -2.65. The molecule has 3 aliphatic carbocycles. The standard InChI is InChI=1S/C27H39NO/c1-5-29-24(21-12-7-6-8-13-21)27(19-28)18-17-26(4)22-14-10-9-11-20(22)15-16-23(26)25(27,2)3/h6-9,11-13,23-24H,5,10,14-19,28H2,1-4H3/t23-,24?,26+,27?/m0/s1. The molecule has 1 aromatic rings. The Kier molecular flexibility index (Phi) is 5.55. The highest BCUT2D eigenvalue weighted by molar-refractivity contribution is 5.38. The average Bonchev–Trinajstić information content (AvgIpc) is 2.73. The van der Waals surface area contributed by atoms with Gasteiger partial charge in [-0.15, -0.1) is 0 Å². The number of hydrogen-bond acceptors (Lipinski definition) is 2. The van der Waals surface area contributed by atoms with Crippen molar-refractivity contribution in [3.05, 3.63) is 59.2 Å². The van der Waals surface area contributed by atoms with Crippen LogP contribution in [-0.4, -0.2) is 13.2 Å². The van der Waals surface area contributed by atoms with E-state index in [1.807, 2.05) is 0 Å². The molecule has 0 aliphatic heterocycles. The summed E-state index contributed by atoms with van der Waals surface area (Å²) in [5.41, 5.74) is 11.7. The van der Waals surface area contributed by atoms with Crippen LogP contribution in [0.25, 0.3) is 0 Å². The van der Waals surface area contributed by atoms with Crippen LogP contribution in [0.1, 0.15) is 77.9 Å². The van der Waals surface area contributed by atoms with Crippen molar-refractivity contribution in [1.82, 2.24) is 0 Å². The first-order valence-electron chi connectivity index (χ1n) is 11.7. The molecule has 158 valence electrons. The molecule has 1 fully saturated rings. The second-order valence-corrected chi connectivity index (χ2v) is 10.3. The molecule has 0 heterocycles. The predicted molar refractivity (Wildman–Crippen MR) is 122 cm³/mol. The van der Waals surface area contributed by atoms with Crippen LogP contribution >= 0.6 is 0 Å². The zero-order valence-corrected chi connectivity index (χ0v) is 18.8. The summed E-state index contributed by atoms with van der Waals surface area (Å²) in [6.07, 6.45) is 12.1. The molecule has 1 saturated carbocycles. The summed E-state index contributed by atoms with van der Waals surface area (Å²) >= 11 is 0. The van der Waals surface area contributed by atoms with Crippen molar-refractivity contribution in [2.45, 2.75) is 72.3 Å². The van der Waals surface area contributed by atoms with Crippen LogP contribution in [0.3, 0.4) is 0 Å². The molecule has 0 aromatic heterocycles. The third-order valence-electron chi connectivity index (χ3n) is 8.98. The highest BCUT2D eigenvalue weighted by atomic mass is 16.5. The Labute approximate surface area is 177 Å². The highest BCUT2D eigenvalue weighted by Crippen LogP contribution is 2.69. The van der Waals surface area contributed by atoms with Gasteiger partial charge in [-0.1, -0.05) is 68.8 Å². The van der Waals surface area contributed by atoms with Crippen molar-refractivity contribution in [3.8, 4) is 0 Å². The van der Waals surface area contributed by atoms with Crippen molar-refractivity contribution in [1.29, 1.82) is 0 Å². The van der Waals surface area contributed by atoms with Crippen molar-refractivity contribution < 1.29 is 4.74 Å². The Hall–Kier alpha value is -1.38. The third kappa shape index (κ3) is 3.06. The number of benzene rings is 1. The van der Waals surface area contributed by atoms with Crippen molar-refractivity contribution in [2.75, 3.05) is 13.2 Å². The van der Waals surface area contributed by atoms with Crippen molar-refractivity contribution in [2.24, 2.45) is 27.9 Å². The topological polar surface area (TPSA) is 35.2 Å². The van der Waals surface area contributed by atoms with Crippen molar-refractivity contribution >= 4 is 0 Å². The normalized spacial score (nSPS) is 34.4. The SMILES string of the molecule is CCOC(c1ccccc1)C1(CN)CC[C@]2(C)C3=C(C=CCC3)CC[C@H]2C1(C)C. The van der Waals surface area contributed by atoms with Gasteiger partial charge in [0.1, 0.15) is 0 Å². The van der Waals surface area contributed by atoms with Crippen LogP contribution in [0.4, 0.5) is 0 Å². The van der Waals surface area contributed by atoms with Gasteiger partial charge < -0.3 is 10.5 Å². The minimum absolute atomic E-state index is 0.0445.